The topological polar surface area (TPSA) is 74.3 Å². The molecule has 0 unspecified atom stereocenters. The molecule has 2 aliphatic rings. The molecular formula is C17H20N4O2S2. The van der Waals surface area contributed by atoms with E-state index in [2.05, 4.69) is 15.6 Å². The van der Waals surface area contributed by atoms with Gasteiger partial charge in [-0.1, -0.05) is 6.07 Å². The first-order valence-corrected chi connectivity index (χ1v) is 10.2. The van der Waals surface area contributed by atoms with Crippen molar-refractivity contribution in [2.24, 2.45) is 0 Å². The maximum absolute atomic E-state index is 12.9. The third-order valence-electron chi connectivity index (χ3n) is 4.76. The van der Waals surface area contributed by atoms with E-state index in [-0.39, 0.29) is 11.8 Å². The molecule has 1 saturated heterocycles. The van der Waals surface area contributed by atoms with Gasteiger partial charge in [0.15, 0.2) is 5.13 Å². The van der Waals surface area contributed by atoms with Gasteiger partial charge in [0.25, 0.3) is 5.91 Å². The number of rotatable bonds is 5. The standard InChI is InChI=1S/C17H20N4O2S2/c22-14(13-2-1-10-24-13)21-8-5-17(6-9-21,15(23)19-12-3-4-12)20-16-18-7-11-25-16/h1-2,7,10-12H,3-6,8-9H2,(H,18,20)(H,19,23). The Kier molecular flexibility index (Phi) is 4.47. The number of thiazole rings is 1. The van der Waals surface area contributed by atoms with E-state index < -0.39 is 5.54 Å². The van der Waals surface area contributed by atoms with Crippen LogP contribution in [0.3, 0.4) is 0 Å². The van der Waals surface area contributed by atoms with Crippen molar-refractivity contribution >= 4 is 39.6 Å². The highest BCUT2D eigenvalue weighted by atomic mass is 32.1. The number of aromatic nitrogens is 1. The number of thiophene rings is 1. The minimum absolute atomic E-state index is 0.0356. The number of amides is 2. The Hall–Kier alpha value is -1.93. The van der Waals surface area contributed by atoms with Gasteiger partial charge in [-0.15, -0.1) is 22.7 Å². The largest absolute Gasteiger partial charge is 0.351 e. The smallest absolute Gasteiger partial charge is 0.263 e. The predicted molar refractivity (Wildman–Crippen MR) is 99.1 cm³/mol. The van der Waals surface area contributed by atoms with Gasteiger partial charge in [-0.3, -0.25) is 9.59 Å². The normalized spacial score (nSPS) is 19.4. The average Bonchev–Trinajstić information content (AvgIpc) is 3.08. The SMILES string of the molecule is O=C(c1cccs1)N1CCC(Nc2nccs2)(C(=O)NC2CC2)CC1. The van der Waals surface area contributed by atoms with Gasteiger partial charge >= 0.3 is 0 Å². The van der Waals surface area contributed by atoms with E-state index in [0.717, 1.165) is 22.9 Å². The number of nitrogens with one attached hydrogen (secondary N) is 2. The lowest BCUT2D eigenvalue weighted by molar-refractivity contribution is -0.127. The van der Waals surface area contributed by atoms with Crippen LogP contribution >= 0.6 is 22.7 Å². The summed E-state index contributed by atoms with van der Waals surface area (Å²) in [5.41, 5.74) is -0.688. The fourth-order valence-electron chi connectivity index (χ4n) is 3.10. The van der Waals surface area contributed by atoms with E-state index >= 15 is 0 Å². The van der Waals surface area contributed by atoms with E-state index in [1.165, 1.54) is 22.7 Å². The summed E-state index contributed by atoms with van der Waals surface area (Å²) in [7, 11) is 0. The summed E-state index contributed by atoms with van der Waals surface area (Å²) in [6, 6.07) is 4.05. The van der Waals surface area contributed by atoms with Crippen LogP contribution in [0.4, 0.5) is 5.13 Å². The second-order valence-corrected chi connectivity index (χ2v) is 8.40. The van der Waals surface area contributed by atoms with Crippen molar-refractivity contribution in [3.05, 3.63) is 34.0 Å². The molecule has 0 aromatic carbocycles. The van der Waals surface area contributed by atoms with E-state index in [0.29, 0.717) is 32.0 Å². The van der Waals surface area contributed by atoms with Gasteiger partial charge in [-0.2, -0.15) is 0 Å². The summed E-state index contributed by atoms with van der Waals surface area (Å²) in [5.74, 6) is 0.0915. The van der Waals surface area contributed by atoms with Crippen molar-refractivity contribution in [1.82, 2.24) is 15.2 Å². The Labute approximate surface area is 154 Å². The molecule has 0 spiro atoms. The summed E-state index contributed by atoms with van der Waals surface area (Å²) in [5, 5.41) is 11.0. The Bertz CT molecular complexity index is 733. The summed E-state index contributed by atoms with van der Waals surface area (Å²) >= 11 is 2.95. The molecule has 2 amide bonds. The van der Waals surface area contributed by atoms with Crippen molar-refractivity contribution in [3.63, 3.8) is 0 Å². The highest BCUT2D eigenvalue weighted by Crippen LogP contribution is 2.31. The van der Waals surface area contributed by atoms with Crippen molar-refractivity contribution in [1.29, 1.82) is 0 Å². The molecular weight excluding hydrogens is 356 g/mol. The zero-order chi connectivity index (χ0) is 17.3. The molecule has 0 atom stereocenters. The first-order chi connectivity index (χ1) is 12.2. The van der Waals surface area contributed by atoms with E-state index in [1.54, 1.807) is 6.20 Å². The average molecular weight is 377 g/mol. The third-order valence-corrected chi connectivity index (χ3v) is 6.31. The third kappa shape index (κ3) is 3.55. The van der Waals surface area contributed by atoms with E-state index in [9.17, 15) is 9.59 Å². The highest BCUT2D eigenvalue weighted by molar-refractivity contribution is 7.13. The van der Waals surface area contributed by atoms with Crippen LogP contribution in [-0.4, -0.2) is 46.4 Å². The molecule has 2 aromatic heterocycles. The summed E-state index contributed by atoms with van der Waals surface area (Å²) in [4.78, 5) is 32.3. The molecule has 132 valence electrons. The van der Waals surface area contributed by atoms with Crippen LogP contribution in [0.15, 0.2) is 29.1 Å². The first kappa shape index (κ1) is 16.5. The summed E-state index contributed by atoms with van der Waals surface area (Å²) in [6.07, 6.45) is 5.02. The molecule has 1 aliphatic heterocycles. The van der Waals surface area contributed by atoms with Crippen LogP contribution in [0.2, 0.25) is 0 Å². The monoisotopic (exact) mass is 376 g/mol. The maximum atomic E-state index is 12.9. The molecule has 1 aliphatic carbocycles. The molecule has 2 aromatic rings. The lowest BCUT2D eigenvalue weighted by atomic mass is 9.86. The minimum atomic E-state index is -0.688. The Morgan fingerprint density at radius 3 is 2.60 bits per heavy atom. The predicted octanol–water partition coefficient (Wildman–Crippen LogP) is 2.57. The van der Waals surface area contributed by atoms with Gasteiger partial charge in [-0.25, -0.2) is 4.98 Å². The number of carbonyl (C=O) groups excluding carboxylic acids is 2. The van der Waals surface area contributed by atoms with Crippen molar-refractivity contribution in [2.45, 2.75) is 37.3 Å². The van der Waals surface area contributed by atoms with E-state index in [4.69, 9.17) is 0 Å². The van der Waals surface area contributed by atoms with Crippen LogP contribution in [0, 0.1) is 0 Å². The molecule has 8 heteroatoms. The van der Waals surface area contributed by atoms with Crippen LogP contribution in [-0.2, 0) is 4.79 Å². The van der Waals surface area contributed by atoms with Crippen LogP contribution in [0.25, 0.3) is 0 Å². The molecule has 0 radical (unpaired) electrons. The second-order valence-electron chi connectivity index (χ2n) is 6.56. The van der Waals surface area contributed by atoms with Crippen molar-refractivity contribution in [3.8, 4) is 0 Å². The number of carbonyl (C=O) groups is 2. The minimum Gasteiger partial charge on any atom is -0.351 e. The van der Waals surface area contributed by atoms with Gasteiger partial charge in [0, 0.05) is 30.7 Å². The number of anilines is 1. The number of nitrogens with zero attached hydrogens (tertiary/aromatic N) is 2. The fraction of sp³-hybridized carbons (Fsp3) is 0.471. The Morgan fingerprint density at radius 2 is 2.00 bits per heavy atom. The van der Waals surface area contributed by atoms with Gasteiger partial charge in [0.1, 0.15) is 5.54 Å². The lowest BCUT2D eigenvalue weighted by Crippen LogP contribution is -2.59. The van der Waals surface area contributed by atoms with Crippen LogP contribution in [0.5, 0.6) is 0 Å². The van der Waals surface area contributed by atoms with Crippen LogP contribution in [0.1, 0.15) is 35.4 Å². The van der Waals surface area contributed by atoms with Crippen LogP contribution < -0.4 is 10.6 Å². The quantitative estimate of drug-likeness (QED) is 0.841. The molecule has 4 rings (SSSR count). The molecule has 2 N–H and O–H groups in total. The van der Waals surface area contributed by atoms with Gasteiger partial charge < -0.3 is 15.5 Å². The van der Waals surface area contributed by atoms with Gasteiger partial charge in [0.2, 0.25) is 5.91 Å². The summed E-state index contributed by atoms with van der Waals surface area (Å²) < 4.78 is 0. The Balaban J connectivity index is 1.48. The lowest BCUT2D eigenvalue weighted by Gasteiger charge is -2.41. The molecule has 2 fully saturated rings. The number of hydrogen-bond donors (Lipinski definition) is 2. The summed E-state index contributed by atoms with van der Waals surface area (Å²) in [6.45, 7) is 1.13. The molecule has 25 heavy (non-hydrogen) atoms. The number of likely N-dealkylation sites (tertiary alicyclic amines) is 1. The molecule has 6 nitrogen and oxygen atoms in total. The van der Waals surface area contributed by atoms with Crippen molar-refractivity contribution in [2.75, 3.05) is 18.4 Å². The van der Waals surface area contributed by atoms with Gasteiger partial charge in [-0.05, 0) is 37.1 Å². The number of piperidine rings is 1. The van der Waals surface area contributed by atoms with Crippen molar-refractivity contribution < 1.29 is 9.59 Å². The first-order valence-electron chi connectivity index (χ1n) is 8.48. The zero-order valence-electron chi connectivity index (χ0n) is 13.7. The maximum Gasteiger partial charge on any atom is 0.263 e. The molecule has 3 heterocycles. The fourth-order valence-corrected chi connectivity index (χ4v) is 4.41. The number of hydrogen-bond acceptors (Lipinski definition) is 6. The van der Waals surface area contributed by atoms with E-state index in [1.807, 2.05) is 27.8 Å². The Morgan fingerprint density at radius 1 is 1.20 bits per heavy atom. The molecule has 0 bridgehead atoms. The highest BCUT2D eigenvalue weighted by Gasteiger charge is 2.44. The molecule has 1 saturated carbocycles. The second kappa shape index (κ2) is 6.76. The zero-order valence-corrected chi connectivity index (χ0v) is 15.4. The van der Waals surface area contributed by atoms with Gasteiger partial charge in [0.05, 0.1) is 4.88 Å².